The number of nitrogens with zero attached hydrogens (tertiary/aromatic N) is 1. The standard InChI is InChI=1S/C23H43N3O/c1-4-6-7-8-9-10-11-12-13-14-15-16-17-23-25-19-21-26(23,5-2)20-18-24-22(3)27/h16-17,19,21,23,25H,4-15,18,20H2,1-3H3/p+1/b17-16+. The number of likely N-dealkylation sites (N-methyl/N-ethyl adjacent to an activating group) is 1. The number of allylic oxidation sites excluding steroid dienone is 1. The maximum absolute atomic E-state index is 11.1. The van der Waals surface area contributed by atoms with Crippen LogP contribution in [-0.4, -0.2) is 36.2 Å². The van der Waals surface area contributed by atoms with E-state index in [1.165, 1.54) is 70.6 Å². The van der Waals surface area contributed by atoms with E-state index in [1.54, 1.807) is 6.92 Å². The Morgan fingerprint density at radius 3 is 2.26 bits per heavy atom. The lowest BCUT2D eigenvalue weighted by Gasteiger charge is -2.35. The third-order valence-electron chi connectivity index (χ3n) is 5.73. The molecule has 4 nitrogen and oxygen atoms in total. The number of hydrogen-bond acceptors (Lipinski definition) is 2. The Hall–Kier alpha value is -1.29. The third kappa shape index (κ3) is 9.99. The van der Waals surface area contributed by atoms with E-state index in [1.807, 2.05) is 0 Å². The van der Waals surface area contributed by atoms with Crippen LogP contribution in [0.15, 0.2) is 24.6 Å². The van der Waals surface area contributed by atoms with Gasteiger partial charge in [-0.2, -0.15) is 0 Å². The lowest BCUT2D eigenvalue weighted by atomic mass is 10.1. The number of rotatable bonds is 16. The minimum Gasteiger partial charge on any atom is -0.351 e. The largest absolute Gasteiger partial charge is 0.351 e. The second-order valence-electron chi connectivity index (χ2n) is 7.95. The van der Waals surface area contributed by atoms with Crippen molar-refractivity contribution in [3.63, 3.8) is 0 Å². The van der Waals surface area contributed by atoms with E-state index < -0.39 is 0 Å². The Balaban J connectivity index is 2.13. The molecule has 1 aliphatic rings. The first-order chi connectivity index (χ1) is 13.1. The fraction of sp³-hybridized carbons (Fsp3) is 0.783. The van der Waals surface area contributed by atoms with E-state index >= 15 is 0 Å². The van der Waals surface area contributed by atoms with Gasteiger partial charge < -0.3 is 10.6 Å². The van der Waals surface area contributed by atoms with Crippen molar-refractivity contribution in [2.45, 2.75) is 97.6 Å². The highest BCUT2D eigenvalue weighted by Crippen LogP contribution is 2.19. The molecular weight excluding hydrogens is 334 g/mol. The maximum Gasteiger partial charge on any atom is 0.217 e. The Kier molecular flexibility index (Phi) is 13.0. The average molecular weight is 379 g/mol. The summed E-state index contributed by atoms with van der Waals surface area (Å²) in [5.74, 6) is 0.0495. The van der Waals surface area contributed by atoms with Gasteiger partial charge in [0.25, 0.3) is 0 Å². The summed E-state index contributed by atoms with van der Waals surface area (Å²) < 4.78 is 0.870. The second kappa shape index (κ2) is 14.7. The summed E-state index contributed by atoms with van der Waals surface area (Å²) in [7, 11) is 0. The van der Waals surface area contributed by atoms with E-state index in [0.717, 1.165) is 24.1 Å². The zero-order valence-corrected chi connectivity index (χ0v) is 18.1. The summed E-state index contributed by atoms with van der Waals surface area (Å²) in [6.07, 6.45) is 24.3. The predicted octanol–water partition coefficient (Wildman–Crippen LogP) is 5.23. The molecule has 1 rings (SSSR count). The van der Waals surface area contributed by atoms with Crippen molar-refractivity contribution >= 4 is 5.91 Å². The SMILES string of the molecule is CCCCCCCCCCCC/C=C/C1NC=C[N+]1(CC)CCNC(C)=O. The molecule has 2 N–H and O–H groups in total. The summed E-state index contributed by atoms with van der Waals surface area (Å²) in [5.41, 5.74) is 0. The second-order valence-corrected chi connectivity index (χ2v) is 7.95. The molecule has 0 aromatic carbocycles. The van der Waals surface area contributed by atoms with Crippen molar-refractivity contribution in [3.8, 4) is 0 Å². The molecule has 0 spiro atoms. The van der Waals surface area contributed by atoms with Crippen LogP contribution in [0.25, 0.3) is 0 Å². The Labute approximate surface area is 168 Å². The molecule has 27 heavy (non-hydrogen) atoms. The van der Waals surface area contributed by atoms with E-state index in [2.05, 4.69) is 49.0 Å². The van der Waals surface area contributed by atoms with Crippen LogP contribution in [0.1, 0.15) is 91.4 Å². The lowest BCUT2D eigenvalue weighted by Crippen LogP contribution is -2.54. The van der Waals surface area contributed by atoms with Crippen LogP contribution in [0.3, 0.4) is 0 Å². The normalized spacial score (nSPS) is 21.7. The lowest BCUT2D eigenvalue weighted by molar-refractivity contribution is -0.891. The molecule has 4 heteroatoms. The van der Waals surface area contributed by atoms with E-state index in [9.17, 15) is 4.79 Å². The number of carbonyl (C=O) groups is 1. The van der Waals surface area contributed by atoms with Gasteiger partial charge in [-0.25, -0.2) is 0 Å². The number of carbonyl (C=O) groups excluding carboxylic acids is 1. The number of nitrogens with one attached hydrogen (secondary N) is 2. The van der Waals surface area contributed by atoms with Crippen LogP contribution >= 0.6 is 0 Å². The minimum atomic E-state index is 0.0495. The zero-order chi connectivity index (χ0) is 19.8. The highest BCUT2D eigenvalue weighted by atomic mass is 16.1. The fourth-order valence-electron chi connectivity index (χ4n) is 3.85. The van der Waals surface area contributed by atoms with E-state index in [0.29, 0.717) is 6.17 Å². The molecule has 2 atom stereocenters. The molecule has 0 aliphatic carbocycles. The molecule has 156 valence electrons. The first-order valence-corrected chi connectivity index (χ1v) is 11.4. The van der Waals surface area contributed by atoms with Gasteiger partial charge in [0.1, 0.15) is 12.7 Å². The van der Waals surface area contributed by atoms with Crippen LogP contribution in [0.2, 0.25) is 0 Å². The van der Waals surface area contributed by atoms with Crippen molar-refractivity contribution < 1.29 is 9.28 Å². The molecule has 0 fully saturated rings. The van der Waals surface area contributed by atoms with Gasteiger partial charge in [0.05, 0.1) is 19.3 Å². The molecule has 1 aliphatic heterocycles. The summed E-state index contributed by atoms with van der Waals surface area (Å²) in [4.78, 5) is 11.1. The summed E-state index contributed by atoms with van der Waals surface area (Å²) in [6.45, 7) is 8.74. The predicted molar refractivity (Wildman–Crippen MR) is 116 cm³/mol. The Bertz CT molecular complexity index is 447. The van der Waals surface area contributed by atoms with Gasteiger partial charge in [0.15, 0.2) is 6.17 Å². The molecule has 0 radical (unpaired) electrons. The Morgan fingerprint density at radius 1 is 1.04 bits per heavy atom. The van der Waals surface area contributed by atoms with Crippen molar-refractivity contribution in [1.29, 1.82) is 0 Å². The quantitative estimate of drug-likeness (QED) is 0.219. The molecule has 0 bridgehead atoms. The molecule has 1 heterocycles. The molecule has 0 saturated heterocycles. The van der Waals surface area contributed by atoms with Gasteiger partial charge in [-0.05, 0) is 25.8 Å². The van der Waals surface area contributed by atoms with Crippen LogP contribution < -0.4 is 10.6 Å². The van der Waals surface area contributed by atoms with Crippen LogP contribution in [0, 0.1) is 0 Å². The van der Waals surface area contributed by atoms with E-state index in [-0.39, 0.29) is 5.91 Å². The van der Waals surface area contributed by atoms with Crippen LogP contribution in [0.5, 0.6) is 0 Å². The number of amides is 1. The number of hydrogen-bond donors (Lipinski definition) is 2. The zero-order valence-electron chi connectivity index (χ0n) is 18.1. The van der Waals surface area contributed by atoms with Gasteiger partial charge >= 0.3 is 0 Å². The van der Waals surface area contributed by atoms with Crippen molar-refractivity contribution in [3.05, 3.63) is 24.6 Å². The fourth-order valence-corrected chi connectivity index (χ4v) is 3.85. The van der Waals surface area contributed by atoms with E-state index in [4.69, 9.17) is 0 Å². The average Bonchev–Trinajstić information content (AvgIpc) is 3.05. The van der Waals surface area contributed by atoms with Crippen molar-refractivity contribution in [1.82, 2.24) is 10.6 Å². The summed E-state index contributed by atoms with van der Waals surface area (Å²) in [6, 6.07) is 0. The first kappa shape index (κ1) is 23.7. The molecule has 0 aromatic rings. The molecule has 0 aromatic heterocycles. The van der Waals surface area contributed by atoms with Crippen LogP contribution in [-0.2, 0) is 4.79 Å². The maximum atomic E-state index is 11.1. The molecule has 0 saturated carbocycles. The minimum absolute atomic E-state index is 0.0495. The highest BCUT2D eigenvalue weighted by molar-refractivity contribution is 5.72. The molecule has 2 unspecified atom stereocenters. The highest BCUT2D eigenvalue weighted by Gasteiger charge is 2.34. The van der Waals surface area contributed by atoms with Crippen molar-refractivity contribution in [2.24, 2.45) is 0 Å². The topological polar surface area (TPSA) is 41.1 Å². The van der Waals surface area contributed by atoms with Crippen molar-refractivity contribution in [2.75, 3.05) is 19.6 Å². The third-order valence-corrected chi connectivity index (χ3v) is 5.73. The van der Waals surface area contributed by atoms with Gasteiger partial charge in [0.2, 0.25) is 5.91 Å². The van der Waals surface area contributed by atoms with Gasteiger partial charge in [-0.15, -0.1) is 0 Å². The van der Waals surface area contributed by atoms with Crippen LogP contribution in [0.4, 0.5) is 0 Å². The number of quaternary nitrogens is 1. The molecular formula is C23H44N3O+. The number of unbranched alkanes of at least 4 members (excludes halogenated alkanes) is 10. The van der Waals surface area contributed by atoms with Gasteiger partial charge in [0, 0.05) is 6.92 Å². The Morgan fingerprint density at radius 2 is 1.67 bits per heavy atom. The summed E-state index contributed by atoms with van der Waals surface area (Å²) >= 11 is 0. The van der Waals surface area contributed by atoms with Gasteiger partial charge in [-0.1, -0.05) is 70.8 Å². The smallest absolute Gasteiger partial charge is 0.217 e. The van der Waals surface area contributed by atoms with Gasteiger partial charge in [-0.3, -0.25) is 9.28 Å². The molecule has 1 amide bonds. The first-order valence-electron chi connectivity index (χ1n) is 11.4. The monoisotopic (exact) mass is 378 g/mol. The summed E-state index contributed by atoms with van der Waals surface area (Å²) in [5, 5.41) is 6.39.